The number of anilines is 1. The van der Waals surface area contributed by atoms with Crippen LogP contribution in [0.2, 0.25) is 0 Å². The summed E-state index contributed by atoms with van der Waals surface area (Å²) >= 11 is 0. The van der Waals surface area contributed by atoms with Gasteiger partial charge in [-0.15, -0.1) is 0 Å². The van der Waals surface area contributed by atoms with E-state index in [0.717, 1.165) is 0 Å². The molecule has 1 aromatic rings. The number of carboxylic acids is 1. The Morgan fingerprint density at radius 2 is 2.11 bits per heavy atom. The lowest BCUT2D eigenvalue weighted by atomic mass is 10.1. The molecule has 0 aliphatic heterocycles. The Balaban J connectivity index is 2.80. The summed E-state index contributed by atoms with van der Waals surface area (Å²) in [5, 5.41) is 20.8. The zero-order valence-corrected chi connectivity index (χ0v) is 10.0. The van der Waals surface area contributed by atoms with Gasteiger partial charge >= 0.3 is 5.97 Å². The number of rotatable bonds is 5. The number of carbonyl (C=O) groups is 2. The van der Waals surface area contributed by atoms with Gasteiger partial charge in [-0.3, -0.25) is 4.79 Å². The fourth-order valence-electron chi connectivity index (χ4n) is 1.37. The SMILES string of the molecule is CC(CN)CC(=O)Nc1cc(C(=O)O)ccc1O. The zero-order valence-electron chi connectivity index (χ0n) is 10.0. The van der Waals surface area contributed by atoms with Gasteiger partial charge in [-0.1, -0.05) is 6.92 Å². The monoisotopic (exact) mass is 252 g/mol. The van der Waals surface area contributed by atoms with Crippen LogP contribution in [0.4, 0.5) is 5.69 Å². The number of benzene rings is 1. The number of aromatic carboxylic acids is 1. The van der Waals surface area contributed by atoms with Crippen molar-refractivity contribution in [2.24, 2.45) is 11.7 Å². The van der Waals surface area contributed by atoms with Gasteiger partial charge in [0.1, 0.15) is 5.75 Å². The Morgan fingerprint density at radius 1 is 1.44 bits per heavy atom. The molecule has 1 rings (SSSR count). The van der Waals surface area contributed by atoms with E-state index in [9.17, 15) is 14.7 Å². The first-order chi connectivity index (χ1) is 8.43. The van der Waals surface area contributed by atoms with E-state index < -0.39 is 5.97 Å². The van der Waals surface area contributed by atoms with Crippen LogP contribution in [0.1, 0.15) is 23.7 Å². The molecule has 0 spiro atoms. The smallest absolute Gasteiger partial charge is 0.335 e. The number of phenolic OH excluding ortho intramolecular Hbond substituents is 1. The standard InChI is InChI=1S/C12H16N2O4/c1-7(6-13)4-11(16)14-9-5-8(12(17)18)2-3-10(9)15/h2-3,5,7,15H,4,6,13H2,1H3,(H,14,16)(H,17,18). The van der Waals surface area contributed by atoms with Gasteiger partial charge in [0.25, 0.3) is 0 Å². The van der Waals surface area contributed by atoms with Crippen LogP contribution < -0.4 is 11.1 Å². The summed E-state index contributed by atoms with van der Waals surface area (Å²) < 4.78 is 0. The van der Waals surface area contributed by atoms with Gasteiger partial charge < -0.3 is 21.3 Å². The Bertz CT molecular complexity index is 459. The molecule has 0 bridgehead atoms. The molecule has 1 unspecified atom stereocenters. The predicted octanol–water partition coefficient (Wildman–Crippen LogP) is 1.01. The number of hydrogen-bond donors (Lipinski definition) is 4. The number of nitrogens with one attached hydrogen (secondary N) is 1. The van der Waals surface area contributed by atoms with Crippen LogP contribution >= 0.6 is 0 Å². The van der Waals surface area contributed by atoms with Crippen LogP contribution in [-0.2, 0) is 4.79 Å². The molecule has 0 radical (unpaired) electrons. The molecule has 98 valence electrons. The Hall–Kier alpha value is -2.08. The number of hydrogen-bond acceptors (Lipinski definition) is 4. The number of nitrogens with two attached hydrogens (primary N) is 1. The largest absolute Gasteiger partial charge is 0.506 e. The molecule has 0 heterocycles. The van der Waals surface area contributed by atoms with Crippen molar-refractivity contribution in [2.75, 3.05) is 11.9 Å². The second-order valence-electron chi connectivity index (χ2n) is 4.13. The number of carbonyl (C=O) groups excluding carboxylic acids is 1. The molecule has 6 nitrogen and oxygen atoms in total. The lowest BCUT2D eigenvalue weighted by Crippen LogP contribution is -2.20. The maximum atomic E-state index is 11.6. The number of aromatic hydroxyl groups is 1. The van der Waals surface area contributed by atoms with Crippen molar-refractivity contribution in [2.45, 2.75) is 13.3 Å². The van der Waals surface area contributed by atoms with E-state index in [1.165, 1.54) is 18.2 Å². The predicted molar refractivity (Wildman–Crippen MR) is 66.5 cm³/mol. The maximum absolute atomic E-state index is 11.6. The Morgan fingerprint density at radius 3 is 2.67 bits per heavy atom. The molecule has 0 saturated carbocycles. The molecule has 1 aromatic carbocycles. The first-order valence-corrected chi connectivity index (χ1v) is 5.50. The molecular formula is C12H16N2O4. The van der Waals surface area contributed by atoms with Crippen LogP contribution in [0, 0.1) is 5.92 Å². The van der Waals surface area contributed by atoms with Crippen molar-refractivity contribution < 1.29 is 19.8 Å². The topological polar surface area (TPSA) is 113 Å². The molecule has 0 saturated heterocycles. The van der Waals surface area contributed by atoms with Crippen molar-refractivity contribution in [3.63, 3.8) is 0 Å². The van der Waals surface area contributed by atoms with E-state index in [0.29, 0.717) is 6.54 Å². The number of phenols is 1. The fourth-order valence-corrected chi connectivity index (χ4v) is 1.37. The van der Waals surface area contributed by atoms with E-state index >= 15 is 0 Å². The Kier molecular flexibility index (Phi) is 4.67. The average Bonchev–Trinajstić information content (AvgIpc) is 2.31. The lowest BCUT2D eigenvalue weighted by Gasteiger charge is -2.10. The van der Waals surface area contributed by atoms with Crippen molar-refractivity contribution in [3.05, 3.63) is 23.8 Å². The highest BCUT2D eigenvalue weighted by atomic mass is 16.4. The summed E-state index contributed by atoms with van der Waals surface area (Å²) in [4.78, 5) is 22.4. The van der Waals surface area contributed by atoms with Crippen LogP contribution in [0.3, 0.4) is 0 Å². The molecule has 0 aliphatic rings. The molecule has 0 fully saturated rings. The summed E-state index contributed by atoms with van der Waals surface area (Å²) in [6, 6.07) is 3.70. The molecule has 0 aromatic heterocycles. The van der Waals surface area contributed by atoms with Gasteiger partial charge in [0.2, 0.25) is 5.91 Å². The normalized spacial score (nSPS) is 11.9. The molecule has 1 atom stereocenters. The maximum Gasteiger partial charge on any atom is 0.335 e. The van der Waals surface area contributed by atoms with E-state index in [1.807, 2.05) is 6.92 Å². The minimum atomic E-state index is -1.12. The summed E-state index contributed by atoms with van der Waals surface area (Å²) in [6.45, 7) is 2.21. The Labute approximate surface area is 104 Å². The van der Waals surface area contributed by atoms with Crippen molar-refractivity contribution in [3.8, 4) is 5.75 Å². The molecule has 1 amide bonds. The highest BCUT2D eigenvalue weighted by molar-refractivity contribution is 5.95. The summed E-state index contributed by atoms with van der Waals surface area (Å²) in [7, 11) is 0. The molecule has 18 heavy (non-hydrogen) atoms. The van der Waals surface area contributed by atoms with Crippen LogP contribution in [0.15, 0.2) is 18.2 Å². The third kappa shape index (κ3) is 3.74. The van der Waals surface area contributed by atoms with Crippen molar-refractivity contribution in [1.82, 2.24) is 0 Å². The molecule has 5 N–H and O–H groups in total. The van der Waals surface area contributed by atoms with Gasteiger partial charge in [0, 0.05) is 6.42 Å². The second-order valence-corrected chi connectivity index (χ2v) is 4.13. The molecule has 0 aliphatic carbocycles. The molecular weight excluding hydrogens is 236 g/mol. The minimum absolute atomic E-state index is 0.00465. The summed E-state index contributed by atoms with van der Waals surface area (Å²) in [5.74, 6) is -1.59. The highest BCUT2D eigenvalue weighted by Gasteiger charge is 2.12. The third-order valence-corrected chi connectivity index (χ3v) is 2.45. The summed E-state index contributed by atoms with van der Waals surface area (Å²) in [6.07, 6.45) is 0.216. The van der Waals surface area contributed by atoms with Crippen LogP contribution in [-0.4, -0.2) is 28.6 Å². The van der Waals surface area contributed by atoms with E-state index in [2.05, 4.69) is 5.32 Å². The second kappa shape index (κ2) is 6.02. The van der Waals surface area contributed by atoms with Gasteiger partial charge in [-0.2, -0.15) is 0 Å². The van der Waals surface area contributed by atoms with E-state index in [4.69, 9.17) is 10.8 Å². The average molecular weight is 252 g/mol. The van der Waals surface area contributed by atoms with E-state index in [1.54, 1.807) is 0 Å². The molecule has 6 heteroatoms. The summed E-state index contributed by atoms with van der Waals surface area (Å²) in [5.41, 5.74) is 5.48. The van der Waals surface area contributed by atoms with Gasteiger partial charge in [0.15, 0.2) is 0 Å². The van der Waals surface area contributed by atoms with Gasteiger partial charge in [0.05, 0.1) is 11.3 Å². The highest BCUT2D eigenvalue weighted by Crippen LogP contribution is 2.24. The minimum Gasteiger partial charge on any atom is -0.506 e. The van der Waals surface area contributed by atoms with E-state index in [-0.39, 0.29) is 35.2 Å². The van der Waals surface area contributed by atoms with Crippen LogP contribution in [0.5, 0.6) is 5.75 Å². The van der Waals surface area contributed by atoms with Crippen molar-refractivity contribution in [1.29, 1.82) is 0 Å². The fraction of sp³-hybridized carbons (Fsp3) is 0.333. The van der Waals surface area contributed by atoms with Gasteiger partial charge in [-0.05, 0) is 30.7 Å². The quantitative estimate of drug-likeness (QED) is 0.584. The first-order valence-electron chi connectivity index (χ1n) is 5.50. The van der Waals surface area contributed by atoms with Crippen LogP contribution in [0.25, 0.3) is 0 Å². The number of carboxylic acid groups (broad SMARTS) is 1. The number of amides is 1. The zero-order chi connectivity index (χ0) is 13.7. The first kappa shape index (κ1) is 14.0. The van der Waals surface area contributed by atoms with Gasteiger partial charge in [-0.25, -0.2) is 4.79 Å². The van der Waals surface area contributed by atoms with Crippen molar-refractivity contribution >= 4 is 17.6 Å². The lowest BCUT2D eigenvalue weighted by molar-refractivity contribution is -0.116. The third-order valence-electron chi connectivity index (χ3n) is 2.45.